The number of ether oxygens (including phenoxy) is 1. The molecule has 142 valence electrons. The Morgan fingerprint density at radius 3 is 2.43 bits per heavy atom. The Hall–Kier alpha value is -2.92. The highest BCUT2D eigenvalue weighted by Crippen LogP contribution is 2.27. The molecule has 0 aromatic heterocycles. The minimum absolute atomic E-state index is 0.261. The molecule has 5 heteroatoms. The molecule has 28 heavy (non-hydrogen) atoms. The molecule has 0 atom stereocenters. The third kappa shape index (κ3) is 5.08. The third-order valence-electron chi connectivity index (χ3n) is 4.40. The molecule has 3 rings (SSSR count). The lowest BCUT2D eigenvalue weighted by Gasteiger charge is -2.09. The number of carboxylic acids is 1. The summed E-state index contributed by atoms with van der Waals surface area (Å²) in [5.41, 5.74) is 5.51. The van der Waals surface area contributed by atoms with Gasteiger partial charge in [-0.15, -0.1) is 0 Å². The third-order valence-corrected chi connectivity index (χ3v) is 5.02. The first-order chi connectivity index (χ1) is 13.4. The van der Waals surface area contributed by atoms with Crippen molar-refractivity contribution < 1.29 is 14.6 Å². The van der Waals surface area contributed by atoms with Crippen molar-refractivity contribution >= 4 is 33.8 Å². The summed E-state index contributed by atoms with van der Waals surface area (Å²) in [5.74, 6) is -0.223. The Morgan fingerprint density at radius 2 is 1.79 bits per heavy atom. The molecule has 0 fully saturated rings. The Labute approximate surface area is 172 Å². The summed E-state index contributed by atoms with van der Waals surface area (Å²) >= 11 is 3.53. The van der Waals surface area contributed by atoms with Gasteiger partial charge in [0, 0.05) is 6.21 Å². The van der Waals surface area contributed by atoms with Gasteiger partial charge in [0.05, 0.1) is 15.7 Å². The number of aromatic carboxylic acids is 1. The number of hydrogen-bond acceptors (Lipinski definition) is 3. The van der Waals surface area contributed by atoms with Crippen LogP contribution in [0, 0.1) is 13.8 Å². The SMILES string of the molecule is Cc1ccc(N=Cc2ccc(OCc3ccc(C(=O)O)cc3)c(Br)c2)cc1C. The first kappa shape index (κ1) is 19.8. The number of carbonyl (C=O) groups is 1. The topological polar surface area (TPSA) is 58.9 Å². The fourth-order valence-corrected chi connectivity index (χ4v) is 3.09. The molecule has 0 aliphatic heterocycles. The van der Waals surface area contributed by atoms with Crippen LogP contribution in [0.25, 0.3) is 0 Å². The molecule has 3 aromatic rings. The van der Waals surface area contributed by atoms with Crippen LogP contribution < -0.4 is 4.74 Å². The van der Waals surface area contributed by atoms with Crippen LogP contribution in [0.5, 0.6) is 5.75 Å². The standard InChI is InChI=1S/C23H20BrNO3/c1-15-3-9-20(11-16(15)2)25-13-18-6-10-22(21(24)12-18)28-14-17-4-7-19(8-5-17)23(26)27/h3-13H,14H2,1-2H3,(H,26,27). The van der Waals surface area contributed by atoms with Gasteiger partial charge in [0.25, 0.3) is 0 Å². The van der Waals surface area contributed by atoms with Crippen LogP contribution in [0.15, 0.2) is 70.1 Å². The molecular weight excluding hydrogens is 418 g/mol. The van der Waals surface area contributed by atoms with E-state index in [2.05, 4.69) is 46.9 Å². The van der Waals surface area contributed by atoms with E-state index < -0.39 is 5.97 Å². The van der Waals surface area contributed by atoms with E-state index in [0.29, 0.717) is 12.4 Å². The van der Waals surface area contributed by atoms with Gasteiger partial charge in [0.15, 0.2) is 0 Å². The molecule has 0 saturated heterocycles. The van der Waals surface area contributed by atoms with E-state index in [4.69, 9.17) is 9.84 Å². The molecule has 0 aliphatic rings. The maximum atomic E-state index is 10.9. The molecule has 3 aromatic carbocycles. The summed E-state index contributed by atoms with van der Waals surface area (Å²) in [6, 6.07) is 18.6. The maximum absolute atomic E-state index is 10.9. The summed E-state index contributed by atoms with van der Waals surface area (Å²) in [6.45, 7) is 4.51. The zero-order valence-electron chi connectivity index (χ0n) is 15.6. The fourth-order valence-electron chi connectivity index (χ4n) is 2.57. The lowest BCUT2D eigenvalue weighted by Crippen LogP contribution is -1.99. The number of aliphatic imine (C=N–C) groups is 1. The summed E-state index contributed by atoms with van der Waals surface area (Å²) in [5, 5.41) is 8.94. The maximum Gasteiger partial charge on any atom is 0.335 e. The number of rotatable bonds is 6. The Balaban J connectivity index is 1.65. The van der Waals surface area contributed by atoms with Gasteiger partial charge in [0.1, 0.15) is 12.4 Å². The van der Waals surface area contributed by atoms with Gasteiger partial charge in [-0.25, -0.2) is 4.79 Å². The van der Waals surface area contributed by atoms with Gasteiger partial charge >= 0.3 is 5.97 Å². The molecule has 1 N–H and O–H groups in total. The van der Waals surface area contributed by atoms with Crippen molar-refractivity contribution in [1.29, 1.82) is 0 Å². The number of aryl methyl sites for hydroxylation is 2. The van der Waals surface area contributed by atoms with Gasteiger partial charge in [0.2, 0.25) is 0 Å². The van der Waals surface area contributed by atoms with Crippen molar-refractivity contribution in [3.63, 3.8) is 0 Å². The number of benzene rings is 3. The van der Waals surface area contributed by atoms with Crippen LogP contribution in [0.2, 0.25) is 0 Å². The number of nitrogens with zero attached hydrogens (tertiary/aromatic N) is 1. The average Bonchev–Trinajstić information content (AvgIpc) is 2.68. The Morgan fingerprint density at radius 1 is 1.04 bits per heavy atom. The van der Waals surface area contributed by atoms with Crippen molar-refractivity contribution in [2.75, 3.05) is 0 Å². The Bertz CT molecular complexity index is 1030. The second-order valence-corrected chi connectivity index (χ2v) is 7.36. The fraction of sp³-hybridized carbons (Fsp3) is 0.130. The Kier molecular flexibility index (Phi) is 6.26. The zero-order chi connectivity index (χ0) is 20.1. The van der Waals surface area contributed by atoms with E-state index in [1.807, 2.05) is 30.5 Å². The first-order valence-electron chi connectivity index (χ1n) is 8.78. The van der Waals surface area contributed by atoms with E-state index in [1.165, 1.54) is 11.1 Å². The second kappa shape index (κ2) is 8.85. The molecule has 0 saturated carbocycles. The van der Waals surface area contributed by atoms with E-state index in [-0.39, 0.29) is 5.56 Å². The minimum Gasteiger partial charge on any atom is -0.488 e. The normalized spacial score (nSPS) is 11.0. The molecule has 4 nitrogen and oxygen atoms in total. The van der Waals surface area contributed by atoms with Crippen LogP contribution in [-0.4, -0.2) is 17.3 Å². The largest absolute Gasteiger partial charge is 0.488 e. The molecule has 0 amide bonds. The van der Waals surface area contributed by atoms with Crippen LogP contribution in [-0.2, 0) is 6.61 Å². The first-order valence-corrected chi connectivity index (χ1v) is 9.57. The summed E-state index contributed by atoms with van der Waals surface area (Å²) in [4.78, 5) is 15.4. The smallest absolute Gasteiger partial charge is 0.335 e. The molecule has 0 heterocycles. The highest BCUT2D eigenvalue weighted by Gasteiger charge is 2.05. The summed E-state index contributed by atoms with van der Waals surface area (Å²) in [7, 11) is 0. The zero-order valence-corrected chi connectivity index (χ0v) is 17.2. The van der Waals surface area contributed by atoms with Crippen molar-refractivity contribution in [1.82, 2.24) is 0 Å². The van der Waals surface area contributed by atoms with Crippen molar-refractivity contribution in [2.24, 2.45) is 4.99 Å². The van der Waals surface area contributed by atoms with Crippen LogP contribution in [0.4, 0.5) is 5.69 Å². The van der Waals surface area contributed by atoms with Crippen LogP contribution in [0.1, 0.15) is 32.6 Å². The van der Waals surface area contributed by atoms with E-state index in [9.17, 15) is 4.79 Å². The van der Waals surface area contributed by atoms with Gasteiger partial charge in [-0.05, 0) is 94.5 Å². The molecular formula is C23H20BrNO3. The van der Waals surface area contributed by atoms with E-state index >= 15 is 0 Å². The lowest BCUT2D eigenvalue weighted by atomic mass is 10.1. The van der Waals surface area contributed by atoms with E-state index in [0.717, 1.165) is 21.3 Å². The van der Waals surface area contributed by atoms with Crippen molar-refractivity contribution in [3.8, 4) is 5.75 Å². The van der Waals surface area contributed by atoms with Gasteiger partial charge in [-0.1, -0.05) is 18.2 Å². The molecule has 0 unspecified atom stereocenters. The van der Waals surface area contributed by atoms with Gasteiger partial charge in [-0.3, -0.25) is 4.99 Å². The lowest BCUT2D eigenvalue weighted by molar-refractivity contribution is 0.0697. The highest BCUT2D eigenvalue weighted by molar-refractivity contribution is 9.10. The summed E-state index contributed by atoms with van der Waals surface area (Å²) in [6.07, 6.45) is 1.82. The van der Waals surface area contributed by atoms with Gasteiger partial charge < -0.3 is 9.84 Å². The number of hydrogen-bond donors (Lipinski definition) is 1. The summed E-state index contributed by atoms with van der Waals surface area (Å²) < 4.78 is 6.66. The average molecular weight is 438 g/mol. The molecule has 0 radical (unpaired) electrons. The quantitative estimate of drug-likeness (QED) is 0.474. The molecule has 0 spiro atoms. The van der Waals surface area contributed by atoms with E-state index in [1.54, 1.807) is 24.3 Å². The monoisotopic (exact) mass is 437 g/mol. The van der Waals surface area contributed by atoms with Crippen molar-refractivity contribution in [3.05, 3.63) is 93.0 Å². The predicted octanol–water partition coefficient (Wildman–Crippen LogP) is 6.09. The number of carboxylic acid groups (broad SMARTS) is 1. The van der Waals surface area contributed by atoms with Gasteiger partial charge in [-0.2, -0.15) is 0 Å². The second-order valence-electron chi connectivity index (χ2n) is 6.51. The number of halogens is 1. The molecule has 0 aliphatic carbocycles. The highest BCUT2D eigenvalue weighted by atomic mass is 79.9. The minimum atomic E-state index is -0.937. The van der Waals surface area contributed by atoms with Crippen molar-refractivity contribution in [2.45, 2.75) is 20.5 Å². The molecule has 0 bridgehead atoms. The predicted molar refractivity (Wildman–Crippen MR) is 115 cm³/mol. The van der Waals surface area contributed by atoms with Crippen LogP contribution >= 0.6 is 15.9 Å². The van der Waals surface area contributed by atoms with Crippen LogP contribution in [0.3, 0.4) is 0 Å².